The number of anilines is 1. The molecule has 1 amide bonds. The van der Waals surface area contributed by atoms with Gasteiger partial charge in [-0.3, -0.25) is 4.79 Å². The monoisotopic (exact) mass is 343 g/mol. The Morgan fingerprint density at radius 1 is 0.962 bits per heavy atom. The Kier molecular flexibility index (Phi) is 4.11. The van der Waals surface area contributed by atoms with E-state index < -0.39 is 0 Å². The molecular weight excluding hydrogens is 326 g/mol. The molecule has 0 saturated carbocycles. The average molecular weight is 343 g/mol. The van der Waals surface area contributed by atoms with Gasteiger partial charge in [0, 0.05) is 5.56 Å². The molecule has 1 aromatic heterocycles. The molecule has 5 nitrogen and oxygen atoms in total. The molecule has 3 N–H and O–H groups in total. The second kappa shape index (κ2) is 6.72. The van der Waals surface area contributed by atoms with Crippen LogP contribution >= 0.6 is 0 Å². The van der Waals surface area contributed by atoms with E-state index in [-0.39, 0.29) is 18.1 Å². The third-order valence-corrected chi connectivity index (χ3v) is 4.15. The smallest absolute Gasteiger partial charge is 0.228 e. The molecule has 0 aliphatic carbocycles. The number of phenols is 1. The predicted molar refractivity (Wildman–Crippen MR) is 102 cm³/mol. The van der Waals surface area contributed by atoms with Crippen molar-refractivity contribution in [2.75, 3.05) is 5.32 Å². The van der Waals surface area contributed by atoms with Crippen LogP contribution in [0.5, 0.6) is 5.75 Å². The number of phenolic OH excluding ortho intramolecular Hbond substituents is 1. The molecule has 0 bridgehead atoms. The maximum atomic E-state index is 12.4. The number of aromatic hydroxyl groups is 1. The van der Waals surface area contributed by atoms with Crippen molar-refractivity contribution in [2.45, 2.75) is 6.42 Å². The van der Waals surface area contributed by atoms with Crippen LogP contribution in [0.25, 0.3) is 22.4 Å². The van der Waals surface area contributed by atoms with Crippen molar-refractivity contribution >= 4 is 22.6 Å². The topological polar surface area (TPSA) is 78.0 Å². The first kappa shape index (κ1) is 15.9. The summed E-state index contributed by atoms with van der Waals surface area (Å²) in [5, 5.41) is 12.3. The molecule has 128 valence electrons. The van der Waals surface area contributed by atoms with E-state index in [1.165, 1.54) is 0 Å². The highest BCUT2D eigenvalue weighted by Crippen LogP contribution is 2.27. The summed E-state index contributed by atoms with van der Waals surface area (Å²) in [5.41, 5.74) is 4.21. The second-order valence-corrected chi connectivity index (χ2v) is 6.04. The Balaban J connectivity index is 1.59. The Labute approximate surface area is 150 Å². The summed E-state index contributed by atoms with van der Waals surface area (Å²) in [6.45, 7) is 0. The lowest BCUT2D eigenvalue weighted by Gasteiger charge is -2.09. The zero-order valence-electron chi connectivity index (χ0n) is 13.9. The van der Waals surface area contributed by atoms with E-state index in [0.717, 1.165) is 22.2 Å². The molecule has 0 fully saturated rings. The van der Waals surface area contributed by atoms with Gasteiger partial charge in [-0.05, 0) is 42.0 Å². The molecule has 0 radical (unpaired) electrons. The number of aromatic amines is 1. The van der Waals surface area contributed by atoms with E-state index in [4.69, 9.17) is 0 Å². The maximum Gasteiger partial charge on any atom is 0.228 e. The molecule has 0 aliphatic heterocycles. The van der Waals surface area contributed by atoms with Gasteiger partial charge in [0.1, 0.15) is 11.6 Å². The fourth-order valence-electron chi connectivity index (χ4n) is 2.87. The van der Waals surface area contributed by atoms with Crippen molar-refractivity contribution in [3.05, 3.63) is 78.4 Å². The maximum absolute atomic E-state index is 12.4. The number of H-pyrrole nitrogens is 1. The normalized spacial score (nSPS) is 10.8. The van der Waals surface area contributed by atoms with Gasteiger partial charge in [0.25, 0.3) is 0 Å². The van der Waals surface area contributed by atoms with Gasteiger partial charge in [0.15, 0.2) is 0 Å². The van der Waals surface area contributed by atoms with Gasteiger partial charge < -0.3 is 15.4 Å². The lowest BCUT2D eigenvalue weighted by atomic mass is 10.1. The predicted octanol–water partition coefficient (Wildman–Crippen LogP) is 4.12. The zero-order chi connectivity index (χ0) is 17.9. The van der Waals surface area contributed by atoms with Gasteiger partial charge in [0.05, 0.1) is 23.1 Å². The molecule has 1 heterocycles. The number of nitrogens with zero attached hydrogens (tertiary/aromatic N) is 1. The highest BCUT2D eigenvalue weighted by atomic mass is 16.3. The molecule has 0 spiro atoms. The van der Waals surface area contributed by atoms with Crippen molar-refractivity contribution in [1.29, 1.82) is 0 Å². The minimum absolute atomic E-state index is 0.126. The van der Waals surface area contributed by atoms with Gasteiger partial charge >= 0.3 is 0 Å². The van der Waals surface area contributed by atoms with Crippen LogP contribution in [0.4, 0.5) is 5.69 Å². The van der Waals surface area contributed by atoms with E-state index in [2.05, 4.69) is 15.3 Å². The summed E-state index contributed by atoms with van der Waals surface area (Å²) in [5.74, 6) is 0.773. The molecule has 0 aliphatic rings. The molecule has 3 aromatic carbocycles. The number of rotatable bonds is 4. The SMILES string of the molecule is O=C(Cc1ccc(O)cc1)Nc1ccccc1-c1nc2ccccc2[nH]1. The Hall–Kier alpha value is -3.60. The van der Waals surface area contributed by atoms with Crippen molar-refractivity contribution in [3.8, 4) is 17.1 Å². The standard InChI is InChI=1S/C21H17N3O2/c25-15-11-9-14(10-12-15)13-20(26)22-17-6-2-1-5-16(17)21-23-18-7-3-4-8-19(18)24-21/h1-12,25H,13H2,(H,22,26)(H,23,24). The van der Waals surface area contributed by atoms with Gasteiger partial charge in [-0.2, -0.15) is 0 Å². The van der Waals surface area contributed by atoms with Gasteiger partial charge in [-0.15, -0.1) is 0 Å². The van der Waals surface area contributed by atoms with Crippen LogP contribution < -0.4 is 5.32 Å². The largest absolute Gasteiger partial charge is 0.508 e. The first-order valence-electron chi connectivity index (χ1n) is 8.31. The summed E-state index contributed by atoms with van der Waals surface area (Å²) in [6.07, 6.45) is 0.231. The fraction of sp³-hybridized carbons (Fsp3) is 0.0476. The first-order valence-corrected chi connectivity index (χ1v) is 8.31. The van der Waals surface area contributed by atoms with Crippen LogP contribution in [0.15, 0.2) is 72.8 Å². The van der Waals surface area contributed by atoms with Crippen LogP contribution in [0, 0.1) is 0 Å². The molecule has 0 unspecified atom stereocenters. The fourth-order valence-corrected chi connectivity index (χ4v) is 2.87. The Bertz CT molecular complexity index is 1040. The summed E-state index contributed by atoms with van der Waals surface area (Å²) in [4.78, 5) is 20.3. The van der Waals surface area contributed by atoms with Crippen LogP contribution in [-0.2, 0) is 11.2 Å². The van der Waals surface area contributed by atoms with Crippen molar-refractivity contribution in [1.82, 2.24) is 9.97 Å². The Morgan fingerprint density at radius 3 is 2.50 bits per heavy atom. The number of nitrogens with one attached hydrogen (secondary N) is 2. The zero-order valence-corrected chi connectivity index (χ0v) is 13.9. The van der Waals surface area contributed by atoms with Crippen LogP contribution in [0.2, 0.25) is 0 Å². The number of carbonyl (C=O) groups is 1. The van der Waals surface area contributed by atoms with Gasteiger partial charge in [-0.1, -0.05) is 36.4 Å². The lowest BCUT2D eigenvalue weighted by Crippen LogP contribution is -2.15. The number of fused-ring (bicyclic) bond motifs is 1. The average Bonchev–Trinajstić information content (AvgIpc) is 3.08. The number of benzene rings is 3. The van der Waals surface area contributed by atoms with Crippen molar-refractivity contribution in [3.63, 3.8) is 0 Å². The van der Waals surface area contributed by atoms with Gasteiger partial charge in [0.2, 0.25) is 5.91 Å². The minimum Gasteiger partial charge on any atom is -0.508 e. The number of imidazole rings is 1. The number of amides is 1. The highest BCUT2D eigenvalue weighted by molar-refractivity contribution is 5.96. The van der Waals surface area contributed by atoms with E-state index in [1.54, 1.807) is 24.3 Å². The molecule has 0 atom stereocenters. The highest BCUT2D eigenvalue weighted by Gasteiger charge is 2.12. The van der Waals surface area contributed by atoms with Crippen LogP contribution in [0.3, 0.4) is 0 Å². The summed E-state index contributed by atoms with van der Waals surface area (Å²) < 4.78 is 0. The van der Waals surface area contributed by atoms with E-state index >= 15 is 0 Å². The number of hydrogen-bond donors (Lipinski definition) is 3. The second-order valence-electron chi connectivity index (χ2n) is 6.04. The number of para-hydroxylation sites is 3. The molecule has 26 heavy (non-hydrogen) atoms. The third-order valence-electron chi connectivity index (χ3n) is 4.15. The summed E-state index contributed by atoms with van der Waals surface area (Å²) in [6, 6.07) is 22.0. The molecule has 4 rings (SSSR count). The quantitative estimate of drug-likeness (QED) is 0.522. The first-order chi connectivity index (χ1) is 12.7. The van der Waals surface area contributed by atoms with E-state index in [0.29, 0.717) is 11.5 Å². The lowest BCUT2D eigenvalue weighted by molar-refractivity contribution is -0.115. The minimum atomic E-state index is -0.126. The molecular formula is C21H17N3O2. The van der Waals surface area contributed by atoms with E-state index in [1.807, 2.05) is 48.5 Å². The Morgan fingerprint density at radius 2 is 1.69 bits per heavy atom. The van der Waals surface area contributed by atoms with Gasteiger partial charge in [-0.25, -0.2) is 4.98 Å². The summed E-state index contributed by atoms with van der Waals surface area (Å²) >= 11 is 0. The van der Waals surface area contributed by atoms with Crippen LogP contribution in [-0.4, -0.2) is 21.0 Å². The molecule has 0 saturated heterocycles. The third kappa shape index (κ3) is 3.28. The number of carbonyl (C=O) groups excluding carboxylic acids is 1. The van der Waals surface area contributed by atoms with Crippen molar-refractivity contribution < 1.29 is 9.90 Å². The molecule has 5 heteroatoms. The van der Waals surface area contributed by atoms with E-state index in [9.17, 15) is 9.90 Å². The number of hydrogen-bond acceptors (Lipinski definition) is 3. The number of aromatic nitrogens is 2. The summed E-state index contributed by atoms with van der Waals surface area (Å²) in [7, 11) is 0. The van der Waals surface area contributed by atoms with Crippen molar-refractivity contribution in [2.24, 2.45) is 0 Å². The molecule has 4 aromatic rings. The van der Waals surface area contributed by atoms with Crippen LogP contribution in [0.1, 0.15) is 5.56 Å².